The molecule has 82 valence electrons. The normalized spacial score (nSPS) is 17.9. The minimum absolute atomic E-state index is 0.0564. The van der Waals surface area contributed by atoms with Gasteiger partial charge in [0.1, 0.15) is 0 Å². The molecule has 1 aromatic rings. The first kappa shape index (κ1) is 10.3. The Balaban J connectivity index is 2.03. The number of hydrogen-bond donors (Lipinski definition) is 1. The van der Waals surface area contributed by atoms with Gasteiger partial charge in [-0.15, -0.1) is 0 Å². The molecule has 1 aliphatic rings. The van der Waals surface area contributed by atoms with Gasteiger partial charge < -0.3 is 5.32 Å². The summed E-state index contributed by atoms with van der Waals surface area (Å²) >= 11 is 0. The van der Waals surface area contributed by atoms with E-state index in [9.17, 15) is 4.79 Å². The standard InChI is InChI=1S/C10H16N4O/c1-13-10(15)3-2-9(12-13)8-14-6-4-11-5-7-14/h2-3,11H,4-8H2,1H3. The van der Waals surface area contributed by atoms with Crippen LogP contribution in [0, 0.1) is 0 Å². The first-order valence-electron chi connectivity index (χ1n) is 5.22. The fraction of sp³-hybridized carbons (Fsp3) is 0.600. The van der Waals surface area contributed by atoms with E-state index in [-0.39, 0.29) is 5.56 Å². The molecule has 5 nitrogen and oxygen atoms in total. The van der Waals surface area contributed by atoms with Crippen molar-refractivity contribution in [2.24, 2.45) is 7.05 Å². The van der Waals surface area contributed by atoms with Crippen LogP contribution in [0.1, 0.15) is 5.69 Å². The second kappa shape index (κ2) is 4.55. The van der Waals surface area contributed by atoms with Crippen LogP contribution in [0.25, 0.3) is 0 Å². The summed E-state index contributed by atoms with van der Waals surface area (Å²) in [6, 6.07) is 3.38. The summed E-state index contributed by atoms with van der Waals surface area (Å²) in [5.74, 6) is 0. The molecule has 2 rings (SSSR count). The first-order chi connectivity index (χ1) is 7.25. The lowest BCUT2D eigenvalue weighted by atomic mass is 10.3. The van der Waals surface area contributed by atoms with E-state index in [0.29, 0.717) is 0 Å². The third-order valence-electron chi connectivity index (χ3n) is 2.61. The highest BCUT2D eigenvalue weighted by Crippen LogP contribution is 2.00. The molecular formula is C10H16N4O. The summed E-state index contributed by atoms with van der Waals surface area (Å²) in [5.41, 5.74) is 0.901. The molecule has 1 fully saturated rings. The van der Waals surface area contributed by atoms with Crippen LogP contribution in [-0.4, -0.2) is 40.9 Å². The van der Waals surface area contributed by atoms with Gasteiger partial charge in [-0.05, 0) is 6.07 Å². The molecule has 5 heteroatoms. The maximum absolute atomic E-state index is 11.1. The van der Waals surface area contributed by atoms with Gasteiger partial charge in [0.25, 0.3) is 5.56 Å². The second-order valence-electron chi connectivity index (χ2n) is 3.81. The monoisotopic (exact) mass is 208 g/mol. The van der Waals surface area contributed by atoms with E-state index < -0.39 is 0 Å². The molecule has 1 N–H and O–H groups in total. The number of hydrogen-bond acceptors (Lipinski definition) is 4. The number of aryl methyl sites for hydroxylation is 1. The summed E-state index contributed by atoms with van der Waals surface area (Å²) in [6.45, 7) is 4.99. The van der Waals surface area contributed by atoms with Gasteiger partial charge in [-0.2, -0.15) is 5.10 Å². The van der Waals surface area contributed by atoms with Crippen LogP contribution in [0.4, 0.5) is 0 Å². The van der Waals surface area contributed by atoms with Gasteiger partial charge in [-0.25, -0.2) is 4.68 Å². The van der Waals surface area contributed by atoms with Crippen LogP contribution in [0.15, 0.2) is 16.9 Å². The van der Waals surface area contributed by atoms with Gasteiger partial charge in [0.15, 0.2) is 0 Å². The maximum Gasteiger partial charge on any atom is 0.266 e. The number of nitrogens with one attached hydrogen (secondary N) is 1. The van der Waals surface area contributed by atoms with Gasteiger partial charge in [0.2, 0.25) is 0 Å². The van der Waals surface area contributed by atoms with E-state index in [0.717, 1.165) is 38.4 Å². The van der Waals surface area contributed by atoms with E-state index in [1.54, 1.807) is 13.1 Å². The summed E-state index contributed by atoms with van der Waals surface area (Å²) in [5, 5.41) is 7.51. The van der Waals surface area contributed by atoms with Crippen molar-refractivity contribution in [1.82, 2.24) is 20.0 Å². The van der Waals surface area contributed by atoms with Crippen molar-refractivity contribution in [1.29, 1.82) is 0 Å². The van der Waals surface area contributed by atoms with Crippen molar-refractivity contribution < 1.29 is 0 Å². The van der Waals surface area contributed by atoms with Crippen LogP contribution in [0.2, 0.25) is 0 Å². The fourth-order valence-corrected chi connectivity index (χ4v) is 1.73. The lowest BCUT2D eigenvalue weighted by molar-refractivity contribution is 0.229. The molecule has 15 heavy (non-hydrogen) atoms. The Morgan fingerprint density at radius 2 is 2.13 bits per heavy atom. The van der Waals surface area contributed by atoms with Gasteiger partial charge in [0, 0.05) is 45.8 Å². The molecule has 2 heterocycles. The molecule has 0 spiro atoms. The zero-order chi connectivity index (χ0) is 10.7. The number of nitrogens with zero attached hydrogens (tertiary/aromatic N) is 3. The summed E-state index contributed by atoms with van der Waals surface area (Å²) in [6.07, 6.45) is 0. The van der Waals surface area contributed by atoms with Crippen LogP contribution < -0.4 is 10.9 Å². The Bertz CT molecular complexity index is 381. The van der Waals surface area contributed by atoms with E-state index >= 15 is 0 Å². The SMILES string of the molecule is Cn1nc(CN2CCNCC2)ccc1=O. The number of piperazine rings is 1. The zero-order valence-corrected chi connectivity index (χ0v) is 8.94. The number of aromatic nitrogens is 2. The van der Waals surface area contributed by atoms with Gasteiger partial charge in [-0.1, -0.05) is 0 Å². The van der Waals surface area contributed by atoms with Crippen molar-refractivity contribution in [2.45, 2.75) is 6.54 Å². The van der Waals surface area contributed by atoms with Crippen molar-refractivity contribution in [3.05, 3.63) is 28.2 Å². The molecule has 0 amide bonds. The van der Waals surface area contributed by atoms with E-state index in [1.807, 2.05) is 6.07 Å². The quantitative estimate of drug-likeness (QED) is 0.690. The van der Waals surface area contributed by atoms with Gasteiger partial charge in [-0.3, -0.25) is 9.69 Å². The minimum atomic E-state index is -0.0564. The summed E-state index contributed by atoms with van der Waals surface area (Å²) < 4.78 is 1.39. The van der Waals surface area contributed by atoms with E-state index in [2.05, 4.69) is 15.3 Å². The molecule has 1 saturated heterocycles. The highest BCUT2D eigenvalue weighted by molar-refractivity contribution is 5.00. The largest absolute Gasteiger partial charge is 0.314 e. The molecule has 1 aliphatic heterocycles. The van der Waals surface area contributed by atoms with E-state index in [4.69, 9.17) is 0 Å². The highest BCUT2D eigenvalue weighted by atomic mass is 16.1. The minimum Gasteiger partial charge on any atom is -0.314 e. The third-order valence-corrected chi connectivity index (χ3v) is 2.61. The molecule has 0 radical (unpaired) electrons. The van der Waals surface area contributed by atoms with Gasteiger partial charge >= 0.3 is 0 Å². The summed E-state index contributed by atoms with van der Waals surface area (Å²) in [4.78, 5) is 13.5. The molecular weight excluding hydrogens is 192 g/mol. The zero-order valence-electron chi connectivity index (χ0n) is 8.94. The van der Waals surface area contributed by atoms with Crippen LogP contribution in [-0.2, 0) is 13.6 Å². The Kier molecular flexibility index (Phi) is 3.13. The second-order valence-corrected chi connectivity index (χ2v) is 3.81. The van der Waals surface area contributed by atoms with E-state index in [1.165, 1.54) is 4.68 Å². The average Bonchev–Trinajstić information content (AvgIpc) is 2.25. The Morgan fingerprint density at radius 3 is 2.80 bits per heavy atom. The Morgan fingerprint density at radius 1 is 1.40 bits per heavy atom. The first-order valence-corrected chi connectivity index (χ1v) is 5.22. The lowest BCUT2D eigenvalue weighted by Gasteiger charge is -2.26. The Hall–Kier alpha value is -1.20. The smallest absolute Gasteiger partial charge is 0.266 e. The summed E-state index contributed by atoms with van der Waals surface area (Å²) in [7, 11) is 1.68. The van der Waals surface area contributed by atoms with Crippen LogP contribution in [0.5, 0.6) is 0 Å². The van der Waals surface area contributed by atoms with Crippen LogP contribution in [0.3, 0.4) is 0 Å². The van der Waals surface area contributed by atoms with Crippen molar-refractivity contribution in [2.75, 3.05) is 26.2 Å². The van der Waals surface area contributed by atoms with Crippen molar-refractivity contribution >= 4 is 0 Å². The molecule has 0 aliphatic carbocycles. The fourth-order valence-electron chi connectivity index (χ4n) is 1.73. The molecule has 0 unspecified atom stereocenters. The third kappa shape index (κ3) is 2.64. The van der Waals surface area contributed by atoms with Crippen molar-refractivity contribution in [3.8, 4) is 0 Å². The molecule has 0 saturated carbocycles. The predicted molar refractivity (Wildman–Crippen MR) is 57.6 cm³/mol. The molecule has 0 bridgehead atoms. The Labute approximate surface area is 88.7 Å². The maximum atomic E-state index is 11.1. The average molecular weight is 208 g/mol. The molecule has 1 aromatic heterocycles. The van der Waals surface area contributed by atoms with Crippen LogP contribution >= 0.6 is 0 Å². The highest BCUT2D eigenvalue weighted by Gasteiger charge is 2.10. The lowest BCUT2D eigenvalue weighted by Crippen LogP contribution is -2.43. The molecule has 0 atom stereocenters. The van der Waals surface area contributed by atoms with Gasteiger partial charge in [0.05, 0.1) is 5.69 Å². The topological polar surface area (TPSA) is 50.2 Å². The van der Waals surface area contributed by atoms with Crippen molar-refractivity contribution in [3.63, 3.8) is 0 Å². The predicted octanol–water partition coefficient (Wildman–Crippen LogP) is -0.814. The number of rotatable bonds is 2. The molecule has 0 aromatic carbocycles.